The van der Waals surface area contributed by atoms with Gasteiger partial charge in [-0.3, -0.25) is 0 Å². The van der Waals surface area contributed by atoms with Crippen molar-refractivity contribution in [2.45, 2.75) is 44.6 Å². The van der Waals surface area contributed by atoms with Crippen LogP contribution >= 0.6 is 0 Å². The summed E-state index contributed by atoms with van der Waals surface area (Å²) in [7, 11) is 0. The number of rotatable bonds is 26. The first-order chi connectivity index (χ1) is 14.8. The summed E-state index contributed by atoms with van der Waals surface area (Å²) < 4.78 is 33.9. The minimum Gasteiger partial charge on any atom is -0.379 e. The van der Waals surface area contributed by atoms with E-state index in [9.17, 15) is 0 Å². The van der Waals surface area contributed by atoms with Crippen molar-refractivity contribution in [2.24, 2.45) is 0 Å². The van der Waals surface area contributed by atoms with Crippen LogP contribution in [0.3, 0.4) is 0 Å². The Morgan fingerprint density at radius 3 is 1.23 bits per heavy atom. The van der Waals surface area contributed by atoms with E-state index >= 15 is 0 Å². The fraction of sp³-hybridized carbons (Fsp3) is 0.750. The highest BCUT2D eigenvalue weighted by molar-refractivity contribution is 4.66. The Morgan fingerprint density at radius 1 is 0.467 bits per heavy atom. The van der Waals surface area contributed by atoms with Gasteiger partial charge in [-0.05, 0) is 38.5 Å². The maximum absolute atomic E-state index is 5.87. The normalized spacial score (nSPS) is 11.1. The first-order valence-corrected chi connectivity index (χ1v) is 11.2. The molecule has 0 unspecified atom stereocenters. The van der Waals surface area contributed by atoms with Crippen LogP contribution in [-0.4, -0.2) is 78.8 Å². The minimum atomic E-state index is -0.136. The van der Waals surface area contributed by atoms with Crippen molar-refractivity contribution >= 4 is 0 Å². The van der Waals surface area contributed by atoms with Crippen molar-refractivity contribution < 1.29 is 28.4 Å². The first kappa shape index (κ1) is 29.0. The fourth-order valence-electron chi connectivity index (χ4n) is 2.38. The van der Waals surface area contributed by atoms with Gasteiger partial charge in [0.05, 0.1) is 52.9 Å². The highest BCUT2D eigenvalue weighted by Crippen LogP contribution is 1.99. The Balaban J connectivity index is 3.84. The van der Waals surface area contributed by atoms with Gasteiger partial charge in [0.15, 0.2) is 0 Å². The van der Waals surface area contributed by atoms with Gasteiger partial charge >= 0.3 is 0 Å². The van der Waals surface area contributed by atoms with E-state index in [1.807, 2.05) is 18.2 Å². The van der Waals surface area contributed by atoms with E-state index in [-0.39, 0.29) is 6.10 Å². The van der Waals surface area contributed by atoms with Crippen molar-refractivity contribution in [3.8, 4) is 0 Å². The molecule has 0 aliphatic heterocycles. The summed E-state index contributed by atoms with van der Waals surface area (Å²) in [6.45, 7) is 17.5. The molecule has 0 aromatic carbocycles. The molecule has 6 heteroatoms. The van der Waals surface area contributed by atoms with Gasteiger partial charge in [-0.2, -0.15) is 0 Å². The molecule has 0 aliphatic carbocycles. The quantitative estimate of drug-likeness (QED) is 0.151. The third-order valence-electron chi connectivity index (χ3n) is 4.02. The number of hydrogen-bond acceptors (Lipinski definition) is 6. The monoisotopic (exact) mass is 428 g/mol. The van der Waals surface area contributed by atoms with Crippen molar-refractivity contribution in [3.05, 3.63) is 38.0 Å². The second-order valence-electron chi connectivity index (χ2n) is 6.77. The van der Waals surface area contributed by atoms with Crippen LogP contribution in [0.2, 0.25) is 0 Å². The molecule has 0 N–H and O–H groups in total. The number of allylic oxidation sites excluding steroid dienone is 3. The summed E-state index contributed by atoms with van der Waals surface area (Å²) in [6.07, 6.45) is 11.4. The van der Waals surface area contributed by atoms with Crippen molar-refractivity contribution in [3.63, 3.8) is 0 Å². The van der Waals surface area contributed by atoms with Gasteiger partial charge in [-0.15, -0.1) is 19.7 Å². The molecule has 0 bridgehead atoms. The van der Waals surface area contributed by atoms with Crippen molar-refractivity contribution in [1.82, 2.24) is 0 Å². The van der Waals surface area contributed by atoms with Crippen LogP contribution < -0.4 is 0 Å². The highest BCUT2D eigenvalue weighted by atomic mass is 16.6. The molecule has 0 fully saturated rings. The number of hydrogen-bond donors (Lipinski definition) is 0. The molecule has 0 aliphatic rings. The Labute approximate surface area is 184 Å². The van der Waals surface area contributed by atoms with Gasteiger partial charge in [0.2, 0.25) is 0 Å². The lowest BCUT2D eigenvalue weighted by Crippen LogP contribution is -2.28. The van der Waals surface area contributed by atoms with E-state index in [0.717, 1.165) is 58.3 Å². The van der Waals surface area contributed by atoms with E-state index < -0.39 is 0 Å². The SMILES string of the molecule is C=CCCCOCCOCC(COCCOCCCC=C)OCCOCCCC=C. The molecule has 176 valence electrons. The second kappa shape index (κ2) is 26.0. The van der Waals surface area contributed by atoms with Crippen LogP contribution in [0.1, 0.15) is 38.5 Å². The van der Waals surface area contributed by atoms with Crippen LogP contribution in [-0.2, 0) is 28.4 Å². The molecule has 0 rings (SSSR count). The van der Waals surface area contributed by atoms with Crippen LogP contribution in [0, 0.1) is 0 Å². The van der Waals surface area contributed by atoms with Gasteiger partial charge in [0.25, 0.3) is 0 Å². The number of unbranched alkanes of at least 4 members (excludes halogenated alkanes) is 3. The van der Waals surface area contributed by atoms with Gasteiger partial charge in [-0.1, -0.05) is 18.2 Å². The summed E-state index contributed by atoms with van der Waals surface area (Å²) in [4.78, 5) is 0. The lowest BCUT2D eigenvalue weighted by Gasteiger charge is -2.18. The van der Waals surface area contributed by atoms with E-state index in [1.165, 1.54) is 0 Å². The Hall–Kier alpha value is -1.02. The third-order valence-corrected chi connectivity index (χ3v) is 4.02. The van der Waals surface area contributed by atoms with Crippen LogP contribution in [0.4, 0.5) is 0 Å². The van der Waals surface area contributed by atoms with E-state index in [1.54, 1.807) is 0 Å². The third kappa shape index (κ3) is 23.3. The zero-order chi connectivity index (χ0) is 22.0. The summed E-state index contributed by atoms with van der Waals surface area (Å²) in [6, 6.07) is 0. The molecule has 0 amide bonds. The lowest BCUT2D eigenvalue weighted by atomic mass is 10.3. The Bertz CT molecular complexity index is 351. The molecular formula is C24H44O6. The minimum absolute atomic E-state index is 0.136. The van der Waals surface area contributed by atoms with Crippen LogP contribution in [0.5, 0.6) is 0 Å². The standard InChI is InChI=1S/C24H44O6/c1-4-7-10-13-25-16-18-28-22-24(30-21-20-27-15-12-9-6-3)23-29-19-17-26-14-11-8-5-2/h4-6,24H,1-3,7-23H2. The molecule has 0 saturated carbocycles. The predicted molar refractivity (Wildman–Crippen MR) is 122 cm³/mol. The van der Waals surface area contributed by atoms with Crippen LogP contribution in [0.25, 0.3) is 0 Å². The largest absolute Gasteiger partial charge is 0.379 e. The fourth-order valence-corrected chi connectivity index (χ4v) is 2.38. The molecule has 0 saturated heterocycles. The zero-order valence-electron chi connectivity index (χ0n) is 18.9. The average Bonchev–Trinajstić information content (AvgIpc) is 2.76. The molecule has 0 atom stereocenters. The second-order valence-corrected chi connectivity index (χ2v) is 6.77. The maximum atomic E-state index is 5.87. The molecule has 6 nitrogen and oxygen atoms in total. The summed E-state index contributed by atoms with van der Waals surface area (Å²) >= 11 is 0. The predicted octanol–water partition coefficient (Wildman–Crippen LogP) is 4.35. The topological polar surface area (TPSA) is 55.4 Å². The van der Waals surface area contributed by atoms with E-state index in [4.69, 9.17) is 28.4 Å². The number of ether oxygens (including phenoxy) is 6. The zero-order valence-corrected chi connectivity index (χ0v) is 18.9. The summed E-state index contributed by atoms with van der Waals surface area (Å²) in [5, 5.41) is 0. The summed E-state index contributed by atoms with van der Waals surface area (Å²) in [5.74, 6) is 0. The molecule has 0 heterocycles. The smallest absolute Gasteiger partial charge is 0.104 e. The Kier molecular flexibility index (Phi) is 25.1. The molecule has 0 radical (unpaired) electrons. The molecular weight excluding hydrogens is 384 g/mol. The average molecular weight is 429 g/mol. The molecule has 0 aromatic heterocycles. The molecule has 0 spiro atoms. The van der Waals surface area contributed by atoms with Gasteiger partial charge in [0, 0.05) is 19.8 Å². The van der Waals surface area contributed by atoms with Crippen molar-refractivity contribution in [2.75, 3.05) is 72.7 Å². The van der Waals surface area contributed by atoms with E-state index in [0.29, 0.717) is 52.9 Å². The molecule has 30 heavy (non-hydrogen) atoms. The Morgan fingerprint density at radius 2 is 0.833 bits per heavy atom. The van der Waals surface area contributed by atoms with Crippen LogP contribution in [0.15, 0.2) is 38.0 Å². The molecule has 0 aromatic rings. The highest BCUT2D eigenvalue weighted by Gasteiger charge is 2.10. The van der Waals surface area contributed by atoms with Crippen molar-refractivity contribution in [1.29, 1.82) is 0 Å². The maximum Gasteiger partial charge on any atom is 0.104 e. The van der Waals surface area contributed by atoms with Gasteiger partial charge in [-0.25, -0.2) is 0 Å². The van der Waals surface area contributed by atoms with Gasteiger partial charge < -0.3 is 28.4 Å². The van der Waals surface area contributed by atoms with Gasteiger partial charge in [0.1, 0.15) is 6.10 Å². The first-order valence-electron chi connectivity index (χ1n) is 11.2. The summed E-state index contributed by atoms with van der Waals surface area (Å²) in [5.41, 5.74) is 0. The lowest BCUT2D eigenvalue weighted by molar-refractivity contribution is -0.0832. The van der Waals surface area contributed by atoms with E-state index in [2.05, 4.69) is 19.7 Å².